The normalized spacial score (nSPS) is 14.0. The second-order valence-corrected chi connectivity index (χ2v) is 9.89. The van der Waals surface area contributed by atoms with Gasteiger partial charge in [0.25, 0.3) is 5.56 Å². The minimum atomic E-state index is -0.178. The smallest absolute Gasteiger partial charge is 0.259 e. The first-order valence-electron chi connectivity index (χ1n) is 8.99. The number of aryl methyl sites for hydroxylation is 2. The van der Waals surface area contributed by atoms with Gasteiger partial charge in [-0.2, -0.15) is 0 Å². The van der Waals surface area contributed by atoms with Gasteiger partial charge in [0.1, 0.15) is 10.7 Å². The molecule has 2 rings (SSSR count). The molecule has 2 aromatic rings. The molecule has 0 saturated carbocycles. The van der Waals surface area contributed by atoms with Crippen LogP contribution in [0, 0.1) is 19.8 Å². The van der Waals surface area contributed by atoms with Gasteiger partial charge in [0.15, 0.2) is 0 Å². The van der Waals surface area contributed by atoms with Crippen molar-refractivity contribution in [3.05, 3.63) is 26.6 Å². The number of H-pyrrole nitrogens is 1. The number of amides is 1. The molecule has 1 N–H and O–H groups in total. The Labute approximate surface area is 163 Å². The number of rotatable bonds is 7. The average molecular weight is 396 g/mol. The minimum Gasteiger partial charge on any atom is -0.342 e. The summed E-state index contributed by atoms with van der Waals surface area (Å²) >= 11 is 3.06. The zero-order chi connectivity index (χ0) is 19.6. The molecule has 2 aromatic heterocycles. The van der Waals surface area contributed by atoms with Gasteiger partial charge in [-0.25, -0.2) is 4.98 Å². The standard InChI is InChI=1S/C19H29N3O2S2/c1-10(2)8-11(3)22(7)19(24)14(6)25-9-15-20-17(23)16-12(4)13(5)26-18(16)21-15/h10-11,14H,8-9H2,1-7H3,(H,20,21,23). The average Bonchev–Trinajstić information content (AvgIpc) is 2.85. The summed E-state index contributed by atoms with van der Waals surface area (Å²) in [6, 6.07) is 0.219. The van der Waals surface area contributed by atoms with Gasteiger partial charge in [-0.1, -0.05) is 13.8 Å². The summed E-state index contributed by atoms with van der Waals surface area (Å²) in [5, 5.41) is 0.509. The molecule has 0 radical (unpaired) electrons. The highest BCUT2D eigenvalue weighted by Crippen LogP contribution is 2.26. The van der Waals surface area contributed by atoms with Gasteiger partial charge in [-0.05, 0) is 45.6 Å². The number of aromatic amines is 1. The third-order valence-electron chi connectivity index (χ3n) is 4.73. The van der Waals surface area contributed by atoms with Gasteiger partial charge in [0.2, 0.25) is 5.91 Å². The number of hydrogen-bond acceptors (Lipinski definition) is 5. The van der Waals surface area contributed by atoms with Gasteiger partial charge < -0.3 is 9.88 Å². The van der Waals surface area contributed by atoms with E-state index < -0.39 is 0 Å². The fourth-order valence-corrected chi connectivity index (χ4v) is 4.89. The number of nitrogens with zero attached hydrogens (tertiary/aromatic N) is 2. The van der Waals surface area contributed by atoms with Crippen LogP contribution in [0.15, 0.2) is 4.79 Å². The van der Waals surface area contributed by atoms with Gasteiger partial charge in [-0.3, -0.25) is 9.59 Å². The Balaban J connectivity index is 2.05. The number of thioether (sulfide) groups is 1. The van der Waals surface area contributed by atoms with E-state index in [0.29, 0.717) is 22.9 Å². The van der Waals surface area contributed by atoms with Crippen molar-refractivity contribution < 1.29 is 4.79 Å². The van der Waals surface area contributed by atoms with Crippen LogP contribution in [0.25, 0.3) is 10.2 Å². The molecule has 26 heavy (non-hydrogen) atoms. The molecule has 0 aliphatic carbocycles. The van der Waals surface area contributed by atoms with E-state index in [1.165, 1.54) is 11.8 Å². The van der Waals surface area contributed by atoms with Crippen molar-refractivity contribution in [3.8, 4) is 0 Å². The molecule has 0 aliphatic heterocycles. The number of carbonyl (C=O) groups is 1. The van der Waals surface area contributed by atoms with Crippen LogP contribution >= 0.6 is 23.1 Å². The van der Waals surface area contributed by atoms with Crippen LogP contribution in [0.1, 0.15) is 50.4 Å². The topological polar surface area (TPSA) is 66.1 Å². The fraction of sp³-hybridized carbons (Fsp3) is 0.632. The quantitative estimate of drug-likeness (QED) is 0.766. The molecule has 0 spiro atoms. The molecule has 2 atom stereocenters. The Morgan fingerprint density at radius 1 is 1.27 bits per heavy atom. The number of thiophene rings is 1. The summed E-state index contributed by atoms with van der Waals surface area (Å²) in [5.74, 6) is 1.82. The van der Waals surface area contributed by atoms with Crippen LogP contribution in [0.3, 0.4) is 0 Å². The maximum Gasteiger partial charge on any atom is 0.259 e. The van der Waals surface area contributed by atoms with E-state index >= 15 is 0 Å². The van der Waals surface area contributed by atoms with Gasteiger partial charge in [0, 0.05) is 18.0 Å². The highest BCUT2D eigenvalue weighted by molar-refractivity contribution is 7.99. The van der Waals surface area contributed by atoms with Crippen molar-refractivity contribution in [2.75, 3.05) is 7.05 Å². The first-order chi connectivity index (χ1) is 12.1. The molecule has 0 fully saturated rings. The van der Waals surface area contributed by atoms with E-state index in [2.05, 4.69) is 30.7 Å². The van der Waals surface area contributed by atoms with Gasteiger partial charge in [-0.15, -0.1) is 23.1 Å². The molecule has 5 nitrogen and oxygen atoms in total. The molecule has 144 valence electrons. The highest BCUT2D eigenvalue weighted by atomic mass is 32.2. The molecular weight excluding hydrogens is 366 g/mol. The molecule has 0 aromatic carbocycles. The number of carbonyl (C=O) groups excluding carboxylic acids is 1. The first kappa shape index (κ1) is 21.0. The number of hydrogen-bond donors (Lipinski definition) is 1. The summed E-state index contributed by atoms with van der Waals surface area (Å²) in [6.07, 6.45) is 0.988. The Hall–Kier alpha value is -1.34. The van der Waals surface area contributed by atoms with Crippen molar-refractivity contribution in [2.45, 2.75) is 65.0 Å². The molecule has 2 unspecified atom stereocenters. The van der Waals surface area contributed by atoms with Crippen molar-refractivity contribution in [3.63, 3.8) is 0 Å². The number of nitrogens with one attached hydrogen (secondary N) is 1. The predicted octanol–water partition coefficient (Wildman–Crippen LogP) is 4.12. The zero-order valence-corrected chi connectivity index (χ0v) is 18.3. The lowest BCUT2D eigenvalue weighted by molar-refractivity contribution is -0.131. The summed E-state index contributed by atoms with van der Waals surface area (Å²) in [7, 11) is 1.87. The Morgan fingerprint density at radius 3 is 2.54 bits per heavy atom. The predicted molar refractivity (Wildman–Crippen MR) is 112 cm³/mol. The second kappa shape index (κ2) is 8.57. The van der Waals surface area contributed by atoms with Gasteiger partial charge in [0.05, 0.1) is 16.4 Å². The highest BCUT2D eigenvalue weighted by Gasteiger charge is 2.23. The third-order valence-corrected chi connectivity index (χ3v) is 6.97. The molecule has 0 saturated heterocycles. The first-order valence-corrected chi connectivity index (χ1v) is 10.9. The monoisotopic (exact) mass is 395 g/mol. The van der Waals surface area contributed by atoms with Gasteiger partial charge >= 0.3 is 0 Å². The summed E-state index contributed by atoms with van der Waals surface area (Å²) < 4.78 is 0. The van der Waals surface area contributed by atoms with E-state index in [1.807, 2.05) is 32.7 Å². The van der Waals surface area contributed by atoms with Crippen molar-refractivity contribution in [2.24, 2.45) is 5.92 Å². The maximum absolute atomic E-state index is 12.6. The molecular formula is C19H29N3O2S2. The van der Waals surface area contributed by atoms with E-state index in [-0.39, 0.29) is 22.8 Å². The third kappa shape index (κ3) is 4.68. The van der Waals surface area contributed by atoms with Crippen LogP contribution in [-0.2, 0) is 10.5 Å². The Bertz CT molecular complexity index is 841. The minimum absolute atomic E-state index is 0.0888. The van der Waals surface area contributed by atoms with Crippen LogP contribution in [0.4, 0.5) is 0 Å². The Morgan fingerprint density at radius 2 is 1.92 bits per heavy atom. The van der Waals surface area contributed by atoms with Crippen LogP contribution in [-0.4, -0.2) is 39.1 Å². The lowest BCUT2D eigenvalue weighted by Gasteiger charge is -2.28. The lowest BCUT2D eigenvalue weighted by Crippen LogP contribution is -2.40. The fourth-order valence-electron chi connectivity index (χ4n) is 2.99. The SMILES string of the molecule is Cc1sc2nc(CSC(C)C(=O)N(C)C(C)CC(C)C)[nH]c(=O)c2c1C. The van der Waals surface area contributed by atoms with Crippen molar-refractivity contribution in [1.82, 2.24) is 14.9 Å². The molecule has 0 bridgehead atoms. The number of fused-ring (bicyclic) bond motifs is 1. The van der Waals surface area contributed by atoms with Crippen LogP contribution in [0.5, 0.6) is 0 Å². The lowest BCUT2D eigenvalue weighted by atomic mass is 10.0. The maximum atomic E-state index is 12.6. The zero-order valence-electron chi connectivity index (χ0n) is 16.7. The number of aromatic nitrogens is 2. The van der Waals surface area contributed by atoms with Crippen LogP contribution in [0.2, 0.25) is 0 Å². The molecule has 7 heteroatoms. The summed E-state index contributed by atoms with van der Waals surface area (Å²) in [4.78, 5) is 36.2. The molecule has 2 heterocycles. The summed E-state index contributed by atoms with van der Waals surface area (Å²) in [6.45, 7) is 12.3. The largest absolute Gasteiger partial charge is 0.342 e. The van der Waals surface area contributed by atoms with E-state index in [1.54, 1.807) is 11.3 Å². The molecule has 0 aliphatic rings. The summed E-state index contributed by atoms with van der Waals surface area (Å²) in [5.41, 5.74) is 0.913. The van der Waals surface area contributed by atoms with Crippen LogP contribution < -0.4 is 5.56 Å². The second-order valence-electron chi connectivity index (χ2n) is 7.36. The van der Waals surface area contributed by atoms with E-state index in [9.17, 15) is 9.59 Å². The van der Waals surface area contributed by atoms with E-state index in [0.717, 1.165) is 21.7 Å². The molecule has 1 amide bonds. The van der Waals surface area contributed by atoms with Crippen molar-refractivity contribution >= 4 is 39.2 Å². The van der Waals surface area contributed by atoms with E-state index in [4.69, 9.17) is 0 Å². The Kier molecular flexibility index (Phi) is 6.91. The van der Waals surface area contributed by atoms with Crippen molar-refractivity contribution in [1.29, 1.82) is 0 Å².